The Morgan fingerprint density at radius 2 is 0.984 bits per heavy atom. The van der Waals surface area contributed by atoms with E-state index in [0.29, 0.717) is 53.7 Å². The molecule has 0 aliphatic heterocycles. The second kappa shape index (κ2) is 27.1. The van der Waals surface area contributed by atoms with E-state index in [4.69, 9.17) is 4.55 Å². The molecule has 0 fully saturated rings. The van der Waals surface area contributed by atoms with Gasteiger partial charge >= 0.3 is 34.2 Å². The average Bonchev–Trinajstić information content (AvgIpc) is 3.83. The molecular weight excluding hydrogens is 861 g/mol. The topological polar surface area (TPSA) is 312 Å². The number of anilines is 1. The van der Waals surface area contributed by atoms with Crippen LogP contribution in [0.15, 0.2) is 49.1 Å². The number of ketones is 1. The van der Waals surface area contributed by atoms with E-state index in [1.807, 2.05) is 9.62 Å². The second-order valence-corrected chi connectivity index (χ2v) is 16.5. The first-order chi connectivity index (χ1) is 30.4. The molecule has 0 saturated carbocycles. The van der Waals surface area contributed by atoms with Crippen molar-refractivity contribution in [3.8, 4) is 0 Å². The number of imidazole rings is 2. The highest BCUT2D eigenvalue weighted by Crippen LogP contribution is 2.17. The van der Waals surface area contributed by atoms with Crippen LogP contribution in [0.1, 0.15) is 94.3 Å². The zero-order valence-electron chi connectivity index (χ0n) is 35.6. The summed E-state index contributed by atoms with van der Waals surface area (Å²) in [4.78, 5) is 95.8. The molecule has 3 aromatic rings. The zero-order valence-corrected chi connectivity index (χ0v) is 36.4. The number of hydrogen-bond donors (Lipinski definition) is 6. The van der Waals surface area contributed by atoms with E-state index in [1.165, 1.54) is 33.9 Å². The number of aryl methyl sites for hydroxylation is 1. The van der Waals surface area contributed by atoms with E-state index in [2.05, 4.69) is 9.97 Å². The lowest BCUT2D eigenvalue weighted by atomic mass is 10.0. The molecule has 2 aromatic heterocycles. The summed E-state index contributed by atoms with van der Waals surface area (Å²) in [5.74, 6) is -5.89. The number of hydrogen-bond acceptors (Lipinski definition) is 12. The third-order valence-corrected chi connectivity index (χ3v) is 10.5. The van der Waals surface area contributed by atoms with Crippen LogP contribution in [0.2, 0.25) is 0 Å². The summed E-state index contributed by atoms with van der Waals surface area (Å²) < 4.78 is 35.7. The number of unbranched alkanes of at least 4 members (excludes halogenated alkanes) is 8. The number of Topliss-reactive ketones (excluding diaryl/α,β-unsaturated/α-hetero) is 1. The van der Waals surface area contributed by atoms with E-state index in [1.54, 1.807) is 24.3 Å². The first-order valence-corrected chi connectivity index (χ1v) is 22.3. The molecule has 0 unspecified atom stereocenters. The Morgan fingerprint density at radius 1 is 0.578 bits per heavy atom. The average molecular weight is 919 g/mol. The van der Waals surface area contributed by atoms with Crippen molar-refractivity contribution in [1.82, 2.24) is 33.8 Å². The summed E-state index contributed by atoms with van der Waals surface area (Å²) in [5, 5.41) is 36.8. The molecule has 0 radical (unpaired) electrons. The molecule has 64 heavy (non-hydrogen) atoms. The molecule has 23 heteroatoms. The highest BCUT2D eigenvalue weighted by molar-refractivity contribution is 7.87. The minimum Gasteiger partial charge on any atom is -0.480 e. The van der Waals surface area contributed by atoms with E-state index in [0.717, 1.165) is 63.4 Å². The standard InChI is InChI=1S/C41H58N8O14S/c50-33(13-10-11-31-14-16-32(17-15-31)44-64(61,62)63)12-8-6-4-2-1-3-5-7-9-20-45(23-34-42-18-21-46(34)25-36(51)48(27-38(53)54)28-39(55)56)24-35-43-19-22-47(35)26-37(52)49(29-40(57)58)30-41(59)60/h14-19,21-22,44H,1-13,20,23-30H2,(H,53,54)(H,55,56)(H,57,58)(H,59,60)(H,61,62,63). The Hall–Kier alpha value is -6.20. The molecular formula is C41H58N8O14S. The van der Waals surface area contributed by atoms with Crippen LogP contribution in [0.25, 0.3) is 0 Å². The number of nitrogens with zero attached hydrogens (tertiary/aromatic N) is 7. The maximum atomic E-state index is 13.0. The Kier molecular flexibility index (Phi) is 22.1. The molecule has 6 N–H and O–H groups in total. The van der Waals surface area contributed by atoms with E-state index < -0.39 is 72.2 Å². The fourth-order valence-electron chi connectivity index (χ4n) is 6.89. The molecule has 0 atom stereocenters. The van der Waals surface area contributed by atoms with Gasteiger partial charge in [-0.25, -0.2) is 9.97 Å². The van der Waals surface area contributed by atoms with Crippen LogP contribution in [-0.2, 0) is 76.5 Å². The van der Waals surface area contributed by atoms with Gasteiger partial charge in [0.2, 0.25) is 11.8 Å². The number of nitrogens with one attached hydrogen (secondary N) is 1. The maximum absolute atomic E-state index is 13.0. The third-order valence-electron chi connectivity index (χ3n) is 10.0. The third kappa shape index (κ3) is 21.3. The normalized spacial score (nSPS) is 11.3. The van der Waals surface area contributed by atoms with Gasteiger partial charge in [0.05, 0.1) is 18.8 Å². The SMILES string of the molecule is O=C(O)CN(CC(=O)O)C(=O)Cn1ccnc1CN(CCCCCCCCCCCC(=O)CCCc1ccc(NS(=O)(=O)O)cc1)Cc1nccn1CC(=O)N(CC(=O)O)CC(=O)O. The van der Waals surface area contributed by atoms with Crippen molar-refractivity contribution in [2.24, 2.45) is 0 Å². The lowest BCUT2D eigenvalue weighted by Gasteiger charge is -2.24. The zero-order chi connectivity index (χ0) is 47.1. The number of aromatic nitrogens is 4. The van der Waals surface area contributed by atoms with Gasteiger partial charge in [-0.05, 0) is 49.9 Å². The highest BCUT2D eigenvalue weighted by Gasteiger charge is 2.24. The molecule has 3 rings (SSSR count). The van der Waals surface area contributed by atoms with Gasteiger partial charge in [0.1, 0.15) is 56.7 Å². The molecule has 0 saturated heterocycles. The Morgan fingerprint density at radius 3 is 1.41 bits per heavy atom. The lowest BCUT2D eigenvalue weighted by Crippen LogP contribution is -2.41. The fraction of sp³-hybridized carbons (Fsp3) is 0.537. The number of benzene rings is 1. The first kappa shape index (κ1) is 52.1. The number of carboxylic acids is 4. The van der Waals surface area contributed by atoms with Crippen LogP contribution >= 0.6 is 0 Å². The van der Waals surface area contributed by atoms with E-state index in [9.17, 15) is 62.4 Å². The van der Waals surface area contributed by atoms with Crippen molar-refractivity contribution in [2.45, 2.75) is 110 Å². The quantitative estimate of drug-likeness (QED) is 0.0371. The number of amides is 2. The molecule has 0 bridgehead atoms. The summed E-state index contributed by atoms with van der Waals surface area (Å²) in [6, 6.07) is 6.60. The second-order valence-electron chi connectivity index (χ2n) is 15.3. The summed E-state index contributed by atoms with van der Waals surface area (Å²) >= 11 is 0. The van der Waals surface area contributed by atoms with Crippen LogP contribution in [0, 0.1) is 0 Å². The van der Waals surface area contributed by atoms with Gasteiger partial charge in [0, 0.05) is 37.6 Å². The Labute approximate surface area is 370 Å². The summed E-state index contributed by atoms with van der Waals surface area (Å²) in [6.45, 7) is -3.04. The smallest absolute Gasteiger partial charge is 0.357 e. The van der Waals surface area contributed by atoms with Gasteiger partial charge in [-0.15, -0.1) is 0 Å². The molecule has 0 aliphatic carbocycles. The van der Waals surface area contributed by atoms with Crippen LogP contribution in [0.4, 0.5) is 5.69 Å². The van der Waals surface area contributed by atoms with Crippen LogP contribution in [-0.4, -0.2) is 141 Å². The monoisotopic (exact) mass is 918 g/mol. The first-order valence-electron chi connectivity index (χ1n) is 20.9. The van der Waals surface area contributed by atoms with Gasteiger partial charge < -0.3 is 39.4 Å². The van der Waals surface area contributed by atoms with Gasteiger partial charge in [-0.1, -0.05) is 57.1 Å². The van der Waals surface area contributed by atoms with Gasteiger partial charge in [-0.2, -0.15) is 8.42 Å². The van der Waals surface area contributed by atoms with Gasteiger partial charge in [0.25, 0.3) is 0 Å². The number of carbonyl (C=O) groups is 7. The minimum absolute atomic E-state index is 0.180. The molecule has 352 valence electrons. The minimum atomic E-state index is -4.33. The van der Waals surface area contributed by atoms with Crippen molar-refractivity contribution in [3.05, 3.63) is 66.3 Å². The summed E-state index contributed by atoms with van der Waals surface area (Å²) in [5.41, 5.74) is 1.22. The molecule has 2 amide bonds. The van der Waals surface area contributed by atoms with Crippen molar-refractivity contribution < 1.29 is 67.0 Å². The van der Waals surface area contributed by atoms with Crippen LogP contribution in [0.5, 0.6) is 0 Å². The number of carbonyl (C=O) groups excluding carboxylic acids is 3. The fourth-order valence-corrected chi connectivity index (χ4v) is 7.33. The summed E-state index contributed by atoms with van der Waals surface area (Å²) in [6.07, 6.45) is 16.8. The van der Waals surface area contributed by atoms with E-state index in [-0.39, 0.29) is 37.6 Å². The lowest BCUT2D eigenvalue weighted by molar-refractivity contribution is -0.150. The van der Waals surface area contributed by atoms with Crippen molar-refractivity contribution in [1.29, 1.82) is 0 Å². The molecule has 22 nitrogen and oxygen atoms in total. The van der Waals surface area contributed by atoms with Crippen molar-refractivity contribution in [2.75, 3.05) is 37.4 Å². The Bertz CT molecular complexity index is 2000. The number of rotatable bonds is 34. The van der Waals surface area contributed by atoms with Crippen LogP contribution < -0.4 is 4.72 Å². The number of carboxylic acid groups (broad SMARTS) is 4. The molecule has 2 heterocycles. The Balaban J connectivity index is 1.48. The predicted molar refractivity (Wildman–Crippen MR) is 228 cm³/mol. The summed E-state index contributed by atoms with van der Waals surface area (Å²) in [7, 11) is -4.33. The largest absolute Gasteiger partial charge is 0.480 e. The van der Waals surface area contributed by atoms with E-state index >= 15 is 0 Å². The molecule has 0 spiro atoms. The predicted octanol–water partition coefficient (Wildman–Crippen LogP) is 2.79. The maximum Gasteiger partial charge on any atom is 0.357 e. The molecule has 1 aromatic carbocycles. The van der Waals surface area contributed by atoms with Crippen molar-refractivity contribution >= 4 is 57.5 Å². The van der Waals surface area contributed by atoms with Crippen LogP contribution in [0.3, 0.4) is 0 Å². The highest BCUT2D eigenvalue weighted by atomic mass is 32.2. The van der Waals surface area contributed by atoms with Gasteiger partial charge in [0.15, 0.2) is 0 Å². The van der Waals surface area contributed by atoms with Crippen molar-refractivity contribution in [3.63, 3.8) is 0 Å². The number of aliphatic carboxylic acids is 4. The molecule has 0 aliphatic rings. The van der Waals surface area contributed by atoms with Gasteiger partial charge in [-0.3, -0.25) is 47.7 Å².